The number of anilines is 1. The lowest BCUT2D eigenvalue weighted by Crippen LogP contribution is -2.37. The molecular formula is C16H22N4O2. The van der Waals surface area contributed by atoms with Gasteiger partial charge in [-0.05, 0) is 26.0 Å². The van der Waals surface area contributed by atoms with Crippen LogP contribution >= 0.6 is 0 Å². The van der Waals surface area contributed by atoms with Gasteiger partial charge in [-0.25, -0.2) is 4.68 Å². The Kier molecular flexibility index (Phi) is 4.40. The molecular weight excluding hydrogens is 280 g/mol. The molecule has 0 saturated carbocycles. The minimum atomic E-state index is -0.465. The molecule has 1 N–H and O–H groups in total. The van der Waals surface area contributed by atoms with Gasteiger partial charge in [-0.2, -0.15) is 0 Å². The van der Waals surface area contributed by atoms with E-state index in [9.17, 15) is 9.59 Å². The zero-order valence-corrected chi connectivity index (χ0v) is 13.6. The second kappa shape index (κ2) is 6.09. The number of hydrogen-bond donors (Lipinski definition) is 1. The van der Waals surface area contributed by atoms with E-state index >= 15 is 0 Å². The number of aromatic nitrogens is 2. The lowest BCUT2D eigenvalue weighted by Gasteiger charge is -2.18. The largest absolute Gasteiger partial charge is 0.368 e. The van der Waals surface area contributed by atoms with Crippen molar-refractivity contribution in [1.29, 1.82) is 0 Å². The average Bonchev–Trinajstić information content (AvgIpc) is 2.71. The average molecular weight is 302 g/mol. The van der Waals surface area contributed by atoms with Gasteiger partial charge < -0.3 is 10.2 Å². The first-order valence-corrected chi connectivity index (χ1v) is 7.16. The van der Waals surface area contributed by atoms with E-state index < -0.39 is 6.04 Å². The SMILES string of the molecule is Cc1c(NC(C)C(=O)N(C)C)c(=O)n(-c2ccccc2)n1C. The molecule has 1 heterocycles. The van der Waals surface area contributed by atoms with Crippen molar-refractivity contribution in [3.63, 3.8) is 0 Å². The number of rotatable bonds is 4. The van der Waals surface area contributed by atoms with Gasteiger partial charge in [0.15, 0.2) is 0 Å². The molecule has 0 fully saturated rings. The van der Waals surface area contributed by atoms with E-state index in [1.165, 1.54) is 4.90 Å². The van der Waals surface area contributed by atoms with E-state index in [4.69, 9.17) is 0 Å². The Morgan fingerprint density at radius 3 is 2.36 bits per heavy atom. The molecule has 22 heavy (non-hydrogen) atoms. The molecule has 2 aromatic rings. The topological polar surface area (TPSA) is 59.3 Å². The summed E-state index contributed by atoms with van der Waals surface area (Å²) in [4.78, 5) is 26.2. The molecule has 118 valence electrons. The number of carbonyl (C=O) groups is 1. The van der Waals surface area contributed by atoms with Crippen molar-refractivity contribution in [3.05, 3.63) is 46.4 Å². The Morgan fingerprint density at radius 2 is 1.82 bits per heavy atom. The summed E-state index contributed by atoms with van der Waals surface area (Å²) >= 11 is 0. The highest BCUT2D eigenvalue weighted by Crippen LogP contribution is 2.15. The van der Waals surface area contributed by atoms with E-state index in [1.54, 1.807) is 30.4 Å². The molecule has 0 bridgehead atoms. The number of carbonyl (C=O) groups excluding carboxylic acids is 1. The van der Waals surface area contributed by atoms with Crippen molar-refractivity contribution in [2.75, 3.05) is 19.4 Å². The smallest absolute Gasteiger partial charge is 0.295 e. The second-order valence-electron chi connectivity index (χ2n) is 5.54. The molecule has 0 aliphatic rings. The van der Waals surface area contributed by atoms with Gasteiger partial charge in [-0.1, -0.05) is 18.2 Å². The molecule has 0 spiro atoms. The van der Waals surface area contributed by atoms with Crippen LogP contribution in [0.1, 0.15) is 12.6 Å². The van der Waals surface area contributed by atoms with Crippen LogP contribution in [-0.2, 0) is 11.8 Å². The molecule has 0 aliphatic carbocycles. The number of nitrogens with one attached hydrogen (secondary N) is 1. The molecule has 6 nitrogen and oxygen atoms in total. The van der Waals surface area contributed by atoms with Gasteiger partial charge in [-0.3, -0.25) is 14.3 Å². The molecule has 1 amide bonds. The number of para-hydroxylation sites is 1. The summed E-state index contributed by atoms with van der Waals surface area (Å²) in [6, 6.07) is 8.96. The summed E-state index contributed by atoms with van der Waals surface area (Å²) < 4.78 is 3.37. The van der Waals surface area contributed by atoms with Crippen LogP contribution in [0.25, 0.3) is 5.69 Å². The summed E-state index contributed by atoms with van der Waals surface area (Å²) in [7, 11) is 5.22. The van der Waals surface area contributed by atoms with E-state index in [0.29, 0.717) is 5.69 Å². The summed E-state index contributed by atoms with van der Waals surface area (Å²) in [6.07, 6.45) is 0. The monoisotopic (exact) mass is 302 g/mol. The van der Waals surface area contributed by atoms with Crippen LogP contribution in [0.4, 0.5) is 5.69 Å². The fourth-order valence-corrected chi connectivity index (χ4v) is 2.40. The molecule has 1 aromatic carbocycles. The number of likely N-dealkylation sites (N-methyl/N-ethyl adjacent to an activating group) is 1. The first kappa shape index (κ1) is 15.9. The van der Waals surface area contributed by atoms with Crippen molar-refractivity contribution in [1.82, 2.24) is 14.3 Å². The lowest BCUT2D eigenvalue weighted by atomic mass is 10.2. The van der Waals surface area contributed by atoms with Crippen LogP contribution in [0.3, 0.4) is 0 Å². The molecule has 6 heteroatoms. The van der Waals surface area contributed by atoms with Gasteiger partial charge in [0, 0.05) is 21.1 Å². The van der Waals surface area contributed by atoms with Crippen molar-refractivity contribution in [2.45, 2.75) is 19.9 Å². The van der Waals surface area contributed by atoms with E-state index in [-0.39, 0.29) is 11.5 Å². The van der Waals surface area contributed by atoms with E-state index in [2.05, 4.69) is 5.32 Å². The number of hydrogen-bond acceptors (Lipinski definition) is 3. The van der Waals surface area contributed by atoms with Crippen molar-refractivity contribution < 1.29 is 4.79 Å². The van der Waals surface area contributed by atoms with Gasteiger partial charge in [0.05, 0.1) is 11.4 Å². The molecule has 0 radical (unpaired) electrons. The van der Waals surface area contributed by atoms with Crippen LogP contribution in [-0.4, -0.2) is 40.3 Å². The summed E-state index contributed by atoms with van der Waals surface area (Å²) in [5, 5.41) is 3.05. The van der Waals surface area contributed by atoms with Crippen LogP contribution in [0.5, 0.6) is 0 Å². The van der Waals surface area contributed by atoms with Gasteiger partial charge in [0.1, 0.15) is 11.7 Å². The minimum absolute atomic E-state index is 0.0751. The fraction of sp³-hybridized carbons (Fsp3) is 0.375. The predicted molar refractivity (Wildman–Crippen MR) is 87.5 cm³/mol. The van der Waals surface area contributed by atoms with Gasteiger partial charge >= 0.3 is 0 Å². The van der Waals surface area contributed by atoms with Crippen molar-refractivity contribution in [2.24, 2.45) is 7.05 Å². The predicted octanol–water partition coefficient (Wildman–Crippen LogP) is 1.37. The second-order valence-corrected chi connectivity index (χ2v) is 5.54. The maximum Gasteiger partial charge on any atom is 0.295 e. The molecule has 2 rings (SSSR count). The third-order valence-corrected chi connectivity index (χ3v) is 3.73. The van der Waals surface area contributed by atoms with Gasteiger partial charge in [-0.15, -0.1) is 0 Å². The fourth-order valence-electron chi connectivity index (χ4n) is 2.40. The molecule has 1 aromatic heterocycles. The summed E-state index contributed by atoms with van der Waals surface area (Å²) in [5.74, 6) is -0.0751. The first-order chi connectivity index (χ1) is 10.3. The maximum atomic E-state index is 12.7. The highest BCUT2D eigenvalue weighted by Gasteiger charge is 2.21. The summed E-state index contributed by atoms with van der Waals surface area (Å²) in [5.41, 5.74) is 1.86. The van der Waals surface area contributed by atoms with Gasteiger partial charge in [0.2, 0.25) is 5.91 Å². The molecule has 1 unspecified atom stereocenters. The normalized spacial score (nSPS) is 12.0. The number of nitrogens with zero attached hydrogens (tertiary/aromatic N) is 3. The highest BCUT2D eigenvalue weighted by molar-refractivity contribution is 5.84. The van der Waals surface area contributed by atoms with Crippen molar-refractivity contribution >= 4 is 11.6 Å². The molecule has 1 atom stereocenters. The van der Waals surface area contributed by atoms with E-state index in [1.807, 2.05) is 44.3 Å². The van der Waals surface area contributed by atoms with Crippen molar-refractivity contribution in [3.8, 4) is 5.69 Å². The first-order valence-electron chi connectivity index (χ1n) is 7.16. The quantitative estimate of drug-likeness (QED) is 0.928. The Balaban J connectivity index is 2.44. The Morgan fingerprint density at radius 1 is 1.23 bits per heavy atom. The van der Waals surface area contributed by atoms with Crippen LogP contribution in [0.15, 0.2) is 35.1 Å². The zero-order chi connectivity index (χ0) is 16.4. The Bertz CT molecular complexity index is 729. The number of amides is 1. The molecule has 0 saturated heterocycles. The summed E-state index contributed by atoms with van der Waals surface area (Å²) in [6.45, 7) is 3.61. The van der Waals surface area contributed by atoms with Crippen LogP contribution in [0.2, 0.25) is 0 Å². The van der Waals surface area contributed by atoms with Crippen LogP contribution in [0, 0.1) is 6.92 Å². The third kappa shape index (κ3) is 2.77. The number of benzene rings is 1. The lowest BCUT2D eigenvalue weighted by molar-refractivity contribution is -0.129. The Hall–Kier alpha value is -2.50. The highest BCUT2D eigenvalue weighted by atomic mass is 16.2. The van der Waals surface area contributed by atoms with E-state index in [0.717, 1.165) is 11.4 Å². The third-order valence-electron chi connectivity index (χ3n) is 3.73. The molecule has 0 aliphatic heterocycles. The minimum Gasteiger partial charge on any atom is -0.368 e. The van der Waals surface area contributed by atoms with Gasteiger partial charge in [0.25, 0.3) is 5.56 Å². The standard InChI is InChI=1S/C16H22N4O2/c1-11(15(21)18(3)4)17-14-12(2)19(5)20(16(14)22)13-9-7-6-8-10-13/h6-11,17H,1-5H3. The maximum absolute atomic E-state index is 12.7. The Labute approximate surface area is 129 Å². The van der Waals surface area contributed by atoms with Crippen LogP contribution < -0.4 is 10.9 Å². The zero-order valence-electron chi connectivity index (χ0n) is 13.6.